The van der Waals surface area contributed by atoms with Crippen LogP contribution in [0, 0.1) is 0 Å². The second-order valence-electron chi connectivity index (χ2n) is 7.36. The van der Waals surface area contributed by atoms with Crippen molar-refractivity contribution in [1.82, 2.24) is 14.5 Å². The summed E-state index contributed by atoms with van der Waals surface area (Å²) in [5, 5.41) is 4.16. The minimum Gasteiger partial charge on any atom is -0.467 e. The van der Waals surface area contributed by atoms with E-state index in [9.17, 15) is 4.79 Å². The van der Waals surface area contributed by atoms with E-state index in [-0.39, 0.29) is 5.56 Å². The predicted octanol–water partition coefficient (Wildman–Crippen LogP) is 4.38. The number of aromatic nitrogens is 3. The van der Waals surface area contributed by atoms with Crippen molar-refractivity contribution < 1.29 is 4.42 Å². The summed E-state index contributed by atoms with van der Waals surface area (Å²) in [7, 11) is 0. The summed E-state index contributed by atoms with van der Waals surface area (Å²) in [4.78, 5) is 24.7. The molecule has 7 heteroatoms. The number of nitrogens with one attached hydrogen (secondary N) is 1. The summed E-state index contributed by atoms with van der Waals surface area (Å²) in [6, 6.07) is 7.63. The average molecular weight is 407 g/mol. The van der Waals surface area contributed by atoms with Gasteiger partial charge in [-0.2, -0.15) is 0 Å². The number of rotatable bonds is 5. The molecule has 0 amide bonds. The van der Waals surface area contributed by atoms with Crippen LogP contribution in [0.4, 0.5) is 5.95 Å². The Morgan fingerprint density at radius 1 is 1.14 bits per heavy atom. The summed E-state index contributed by atoms with van der Waals surface area (Å²) in [6.45, 7) is 0.932. The third-order valence-corrected chi connectivity index (χ3v) is 6.60. The van der Waals surface area contributed by atoms with Gasteiger partial charge in [0, 0.05) is 23.8 Å². The van der Waals surface area contributed by atoms with E-state index >= 15 is 0 Å². The van der Waals surface area contributed by atoms with E-state index in [1.165, 1.54) is 23.3 Å². The van der Waals surface area contributed by atoms with Gasteiger partial charge in [-0.15, -0.1) is 11.3 Å². The van der Waals surface area contributed by atoms with Gasteiger partial charge in [-0.25, -0.2) is 4.98 Å². The number of pyridine rings is 1. The average Bonchev–Trinajstić information content (AvgIpc) is 3.31. The van der Waals surface area contributed by atoms with Gasteiger partial charge in [-0.05, 0) is 61.1 Å². The first-order valence-corrected chi connectivity index (χ1v) is 10.8. The fourth-order valence-corrected chi connectivity index (χ4v) is 5.19. The van der Waals surface area contributed by atoms with Gasteiger partial charge < -0.3 is 9.73 Å². The van der Waals surface area contributed by atoms with Gasteiger partial charge in [0.15, 0.2) is 0 Å². The molecule has 0 radical (unpaired) electrons. The Kier molecular flexibility index (Phi) is 4.89. The first-order valence-electron chi connectivity index (χ1n) is 10.00. The minimum absolute atomic E-state index is 0.0167. The van der Waals surface area contributed by atoms with Gasteiger partial charge in [-0.1, -0.05) is 6.42 Å². The lowest BCUT2D eigenvalue weighted by atomic mass is 10.1. The molecule has 6 nitrogen and oxygen atoms in total. The van der Waals surface area contributed by atoms with Gasteiger partial charge in [0.25, 0.3) is 5.56 Å². The molecule has 0 spiro atoms. The molecular weight excluding hydrogens is 384 g/mol. The number of hydrogen-bond donors (Lipinski definition) is 1. The Balaban J connectivity index is 1.60. The number of furan rings is 1. The highest BCUT2D eigenvalue weighted by molar-refractivity contribution is 7.18. The second kappa shape index (κ2) is 7.83. The molecule has 1 aliphatic carbocycles. The molecule has 0 saturated heterocycles. The van der Waals surface area contributed by atoms with Crippen LogP contribution in [0.3, 0.4) is 0 Å². The molecule has 4 heterocycles. The third kappa shape index (κ3) is 3.58. The zero-order chi connectivity index (χ0) is 19.6. The van der Waals surface area contributed by atoms with Crippen LogP contribution in [-0.4, -0.2) is 14.5 Å². The lowest BCUT2D eigenvalue weighted by Crippen LogP contribution is -2.25. The maximum absolute atomic E-state index is 13.6. The van der Waals surface area contributed by atoms with E-state index in [0.717, 1.165) is 40.8 Å². The molecule has 4 aromatic heterocycles. The van der Waals surface area contributed by atoms with Crippen molar-refractivity contribution >= 4 is 27.5 Å². The summed E-state index contributed by atoms with van der Waals surface area (Å²) in [6.07, 6.45) is 10.7. The molecule has 0 fully saturated rings. The molecule has 1 aliphatic rings. The third-order valence-electron chi connectivity index (χ3n) is 5.42. The Bertz CT molecular complexity index is 1180. The maximum Gasteiger partial charge on any atom is 0.264 e. The molecule has 5 rings (SSSR count). The molecular formula is C22H22N4O2S. The first kappa shape index (κ1) is 18.1. The Labute approximate surface area is 172 Å². The standard InChI is InChI=1S/C22H22N4O2S/c27-21-19-17-6-2-1-3-7-18(17)29-20(19)25-22(24-13-15-8-10-23-11-9-15)26(21)14-16-5-4-12-28-16/h4-5,8-12H,1-3,6-7,13-14H2,(H,24,25). The smallest absolute Gasteiger partial charge is 0.264 e. The molecule has 0 aromatic carbocycles. The highest BCUT2D eigenvalue weighted by Gasteiger charge is 2.21. The van der Waals surface area contributed by atoms with Gasteiger partial charge in [0.1, 0.15) is 10.6 Å². The summed E-state index contributed by atoms with van der Waals surface area (Å²) < 4.78 is 7.22. The van der Waals surface area contributed by atoms with Crippen molar-refractivity contribution in [2.24, 2.45) is 0 Å². The van der Waals surface area contributed by atoms with E-state index in [4.69, 9.17) is 9.40 Å². The zero-order valence-corrected chi connectivity index (χ0v) is 16.9. The Hall–Kier alpha value is -2.93. The predicted molar refractivity (Wildman–Crippen MR) is 115 cm³/mol. The molecule has 148 valence electrons. The van der Waals surface area contributed by atoms with Crippen LogP contribution in [0.1, 0.15) is 41.0 Å². The van der Waals surface area contributed by atoms with E-state index in [1.807, 2.05) is 24.3 Å². The molecule has 29 heavy (non-hydrogen) atoms. The van der Waals surface area contributed by atoms with Crippen molar-refractivity contribution in [3.8, 4) is 0 Å². The molecule has 0 saturated carbocycles. The molecule has 1 N–H and O–H groups in total. The van der Waals surface area contributed by atoms with Gasteiger partial charge in [0.05, 0.1) is 18.2 Å². The molecule has 4 aromatic rings. The lowest BCUT2D eigenvalue weighted by Gasteiger charge is -2.13. The van der Waals surface area contributed by atoms with Gasteiger partial charge in [-0.3, -0.25) is 14.3 Å². The minimum atomic E-state index is 0.0167. The number of hydrogen-bond acceptors (Lipinski definition) is 6. The number of nitrogens with zero attached hydrogens (tertiary/aromatic N) is 3. The SMILES string of the molecule is O=c1c2c3c(sc2nc(NCc2ccncc2)n1Cc1ccco1)CCCCC3. The van der Waals surface area contributed by atoms with Crippen LogP contribution in [0.2, 0.25) is 0 Å². The zero-order valence-electron chi connectivity index (χ0n) is 16.1. The van der Waals surface area contributed by atoms with Crippen LogP contribution in [-0.2, 0) is 25.9 Å². The highest BCUT2D eigenvalue weighted by atomic mass is 32.1. The van der Waals surface area contributed by atoms with Gasteiger partial charge in [0.2, 0.25) is 5.95 Å². The molecule has 0 aliphatic heterocycles. The topological polar surface area (TPSA) is 73.0 Å². The first-order chi connectivity index (χ1) is 14.3. The second-order valence-corrected chi connectivity index (χ2v) is 8.44. The Morgan fingerprint density at radius 3 is 2.83 bits per heavy atom. The summed E-state index contributed by atoms with van der Waals surface area (Å²) in [5.74, 6) is 1.31. The number of fused-ring (bicyclic) bond motifs is 3. The number of aryl methyl sites for hydroxylation is 2. The monoisotopic (exact) mass is 406 g/mol. The van der Waals surface area contributed by atoms with Crippen LogP contribution < -0.4 is 10.9 Å². The van der Waals surface area contributed by atoms with Crippen LogP contribution in [0.25, 0.3) is 10.2 Å². The van der Waals surface area contributed by atoms with Crippen LogP contribution in [0.15, 0.2) is 52.1 Å². The van der Waals surface area contributed by atoms with E-state index < -0.39 is 0 Å². The molecule has 0 atom stereocenters. The van der Waals surface area contributed by atoms with Crippen molar-refractivity contribution in [2.75, 3.05) is 5.32 Å². The van der Waals surface area contributed by atoms with Crippen molar-refractivity contribution in [1.29, 1.82) is 0 Å². The normalized spacial score (nSPS) is 13.9. The fraction of sp³-hybridized carbons (Fsp3) is 0.318. The van der Waals surface area contributed by atoms with Crippen molar-refractivity contribution in [3.63, 3.8) is 0 Å². The van der Waals surface area contributed by atoms with E-state index in [2.05, 4.69) is 10.3 Å². The van der Waals surface area contributed by atoms with Crippen molar-refractivity contribution in [2.45, 2.75) is 45.2 Å². The summed E-state index contributed by atoms with van der Waals surface area (Å²) >= 11 is 1.68. The lowest BCUT2D eigenvalue weighted by molar-refractivity contribution is 0.490. The summed E-state index contributed by atoms with van der Waals surface area (Å²) in [5.41, 5.74) is 2.32. The van der Waals surface area contributed by atoms with Crippen molar-refractivity contribution in [3.05, 3.63) is 75.0 Å². The fourth-order valence-electron chi connectivity index (χ4n) is 3.94. The number of anilines is 1. The van der Waals surface area contributed by atoms with Crippen LogP contribution in [0.5, 0.6) is 0 Å². The largest absolute Gasteiger partial charge is 0.467 e. The number of thiophene rings is 1. The maximum atomic E-state index is 13.6. The quantitative estimate of drug-likeness (QED) is 0.498. The van der Waals surface area contributed by atoms with Crippen LogP contribution >= 0.6 is 11.3 Å². The van der Waals surface area contributed by atoms with E-state index in [0.29, 0.717) is 19.0 Å². The van der Waals surface area contributed by atoms with E-state index in [1.54, 1.807) is 34.6 Å². The highest BCUT2D eigenvalue weighted by Crippen LogP contribution is 2.33. The Morgan fingerprint density at radius 2 is 2.00 bits per heavy atom. The molecule has 0 unspecified atom stereocenters. The van der Waals surface area contributed by atoms with Gasteiger partial charge >= 0.3 is 0 Å². The molecule has 0 bridgehead atoms.